The molecule has 0 radical (unpaired) electrons. The number of pyridine rings is 1. The van der Waals surface area contributed by atoms with Crippen LogP contribution in [0.5, 0.6) is 0 Å². The zero-order chi connectivity index (χ0) is 17.0. The molecule has 0 saturated carbocycles. The Kier molecular flexibility index (Phi) is 6.20. The minimum Gasteiger partial charge on any atom is -0.309 e. The van der Waals surface area contributed by atoms with E-state index in [1.165, 1.54) is 18.0 Å². The van der Waals surface area contributed by atoms with Gasteiger partial charge in [0.2, 0.25) is 11.1 Å². The molecular weight excluding hydrogens is 359 g/mol. The lowest BCUT2D eigenvalue weighted by molar-refractivity contribution is -0.113. The van der Waals surface area contributed by atoms with Crippen LogP contribution in [0, 0.1) is 12.8 Å². The van der Waals surface area contributed by atoms with Gasteiger partial charge in [-0.15, -0.1) is 5.10 Å². The van der Waals surface area contributed by atoms with Crippen molar-refractivity contribution in [3.05, 3.63) is 21.8 Å². The van der Waals surface area contributed by atoms with Crippen molar-refractivity contribution in [1.29, 1.82) is 0 Å². The molecule has 10 heteroatoms. The smallest absolute Gasteiger partial charge is 0.236 e. The van der Waals surface area contributed by atoms with Crippen LogP contribution in [0.15, 0.2) is 11.4 Å². The number of carbonyl (C=O) groups is 1. The maximum Gasteiger partial charge on any atom is 0.236 e. The van der Waals surface area contributed by atoms with Crippen LogP contribution in [0.1, 0.15) is 19.4 Å². The number of hydrogen-bond donors (Lipinski definition) is 1. The summed E-state index contributed by atoms with van der Waals surface area (Å²) in [5, 5.41) is 15.5. The Labute approximate surface area is 148 Å². The Morgan fingerprint density at radius 1 is 1.43 bits per heavy atom. The van der Waals surface area contributed by atoms with E-state index in [0.717, 1.165) is 0 Å². The third-order valence-corrected chi connectivity index (χ3v) is 4.63. The standard InChI is InChI=1S/C13H16Cl2N6OS/c1-7(2)5-21-13(18-19-20-21)23-6-10(22)17-12-11(15)8(3)9(14)4-16-12/h4,7H,5-6H2,1-3H3,(H,16,17,22). The molecule has 0 aliphatic heterocycles. The van der Waals surface area contributed by atoms with Crippen molar-refractivity contribution < 1.29 is 4.79 Å². The number of thioether (sulfide) groups is 1. The highest BCUT2D eigenvalue weighted by Gasteiger charge is 2.14. The average molecular weight is 375 g/mol. The predicted molar refractivity (Wildman–Crippen MR) is 91.0 cm³/mol. The molecule has 124 valence electrons. The van der Waals surface area contributed by atoms with Gasteiger partial charge in [0, 0.05) is 12.7 Å². The number of halogens is 2. The second-order valence-corrected chi connectivity index (χ2v) is 7.00. The van der Waals surface area contributed by atoms with Crippen molar-refractivity contribution >= 4 is 46.7 Å². The van der Waals surface area contributed by atoms with Gasteiger partial charge in [0.25, 0.3) is 0 Å². The van der Waals surface area contributed by atoms with Crippen LogP contribution in [0.2, 0.25) is 10.0 Å². The molecule has 2 aromatic heterocycles. The van der Waals surface area contributed by atoms with Crippen LogP contribution < -0.4 is 5.32 Å². The van der Waals surface area contributed by atoms with Gasteiger partial charge < -0.3 is 5.32 Å². The number of rotatable bonds is 6. The Bertz CT molecular complexity index is 706. The van der Waals surface area contributed by atoms with Crippen molar-refractivity contribution in [3.63, 3.8) is 0 Å². The highest BCUT2D eigenvalue weighted by atomic mass is 35.5. The minimum atomic E-state index is -0.245. The van der Waals surface area contributed by atoms with Gasteiger partial charge in [-0.05, 0) is 28.8 Å². The molecule has 0 aliphatic carbocycles. The maximum atomic E-state index is 12.0. The number of hydrogen-bond acceptors (Lipinski definition) is 6. The van der Waals surface area contributed by atoms with Crippen LogP contribution >= 0.6 is 35.0 Å². The lowest BCUT2D eigenvalue weighted by atomic mass is 10.2. The summed E-state index contributed by atoms with van der Waals surface area (Å²) >= 11 is 13.3. The van der Waals surface area contributed by atoms with Crippen molar-refractivity contribution in [2.75, 3.05) is 11.1 Å². The molecule has 0 aliphatic rings. The highest BCUT2D eigenvalue weighted by molar-refractivity contribution is 7.99. The average Bonchev–Trinajstić information content (AvgIpc) is 2.92. The lowest BCUT2D eigenvalue weighted by Gasteiger charge is -2.09. The molecule has 0 unspecified atom stereocenters. The second-order valence-electron chi connectivity index (χ2n) is 5.27. The van der Waals surface area contributed by atoms with E-state index in [0.29, 0.717) is 39.0 Å². The van der Waals surface area contributed by atoms with Gasteiger partial charge in [-0.1, -0.05) is 48.8 Å². The summed E-state index contributed by atoms with van der Waals surface area (Å²) in [5.74, 6) is 0.607. The number of amides is 1. The number of carbonyl (C=O) groups excluding carboxylic acids is 1. The zero-order valence-electron chi connectivity index (χ0n) is 12.9. The van der Waals surface area contributed by atoms with E-state index in [-0.39, 0.29) is 11.7 Å². The number of aromatic nitrogens is 5. The number of tetrazole rings is 1. The first-order valence-corrected chi connectivity index (χ1v) is 8.62. The van der Waals surface area contributed by atoms with Crippen molar-refractivity contribution in [2.45, 2.75) is 32.5 Å². The molecule has 2 aromatic rings. The normalized spacial score (nSPS) is 11.0. The van der Waals surface area contributed by atoms with Gasteiger partial charge in [0.05, 0.1) is 15.8 Å². The van der Waals surface area contributed by atoms with E-state index in [4.69, 9.17) is 23.2 Å². The molecule has 2 heterocycles. The Hall–Kier alpha value is -1.38. The number of nitrogens with one attached hydrogen (secondary N) is 1. The van der Waals surface area contributed by atoms with Gasteiger partial charge >= 0.3 is 0 Å². The largest absolute Gasteiger partial charge is 0.309 e. The highest BCUT2D eigenvalue weighted by Crippen LogP contribution is 2.28. The summed E-state index contributed by atoms with van der Waals surface area (Å²) in [4.78, 5) is 16.1. The van der Waals surface area contributed by atoms with Crippen LogP contribution in [0.4, 0.5) is 5.82 Å². The Morgan fingerprint density at radius 3 is 2.87 bits per heavy atom. The minimum absolute atomic E-state index is 0.151. The van der Waals surface area contributed by atoms with E-state index in [9.17, 15) is 4.79 Å². The Morgan fingerprint density at radius 2 is 2.17 bits per heavy atom. The molecule has 23 heavy (non-hydrogen) atoms. The van der Waals surface area contributed by atoms with Gasteiger partial charge in [-0.25, -0.2) is 9.67 Å². The molecular formula is C13H16Cl2N6OS. The van der Waals surface area contributed by atoms with Crippen molar-refractivity contribution in [3.8, 4) is 0 Å². The molecule has 2 rings (SSSR count). The lowest BCUT2D eigenvalue weighted by Crippen LogP contribution is -2.16. The summed E-state index contributed by atoms with van der Waals surface area (Å²) in [5.41, 5.74) is 0.673. The third-order valence-electron chi connectivity index (χ3n) is 2.83. The third kappa shape index (κ3) is 4.79. The Balaban J connectivity index is 1.96. The molecule has 0 bridgehead atoms. The molecule has 0 fully saturated rings. The first-order chi connectivity index (χ1) is 10.9. The molecule has 1 N–H and O–H groups in total. The molecule has 0 spiro atoms. The van der Waals surface area contributed by atoms with Crippen LogP contribution in [0.3, 0.4) is 0 Å². The van der Waals surface area contributed by atoms with Crippen molar-refractivity contribution in [2.24, 2.45) is 5.92 Å². The molecule has 0 saturated heterocycles. The fourth-order valence-electron chi connectivity index (χ4n) is 1.70. The summed E-state index contributed by atoms with van der Waals surface area (Å²) < 4.78 is 1.68. The quantitative estimate of drug-likeness (QED) is 0.781. The fraction of sp³-hybridized carbons (Fsp3) is 0.462. The van der Waals surface area contributed by atoms with E-state index in [2.05, 4.69) is 39.7 Å². The summed E-state index contributed by atoms with van der Waals surface area (Å²) in [6, 6.07) is 0. The summed E-state index contributed by atoms with van der Waals surface area (Å²) in [6.07, 6.45) is 1.45. The zero-order valence-corrected chi connectivity index (χ0v) is 15.2. The van der Waals surface area contributed by atoms with Crippen LogP contribution in [-0.2, 0) is 11.3 Å². The summed E-state index contributed by atoms with van der Waals surface area (Å²) in [7, 11) is 0. The summed E-state index contributed by atoms with van der Waals surface area (Å²) in [6.45, 7) is 6.59. The van der Waals surface area contributed by atoms with E-state index < -0.39 is 0 Å². The van der Waals surface area contributed by atoms with Gasteiger partial charge in [0.15, 0.2) is 5.82 Å². The first kappa shape index (κ1) is 18.0. The molecule has 7 nitrogen and oxygen atoms in total. The van der Waals surface area contributed by atoms with E-state index in [1.54, 1.807) is 11.6 Å². The second kappa shape index (κ2) is 7.94. The maximum absolute atomic E-state index is 12.0. The number of nitrogens with zero attached hydrogens (tertiary/aromatic N) is 5. The van der Waals surface area contributed by atoms with E-state index >= 15 is 0 Å². The molecule has 1 amide bonds. The van der Waals surface area contributed by atoms with Crippen LogP contribution in [0.25, 0.3) is 0 Å². The fourth-order valence-corrected chi connectivity index (χ4v) is 2.78. The van der Waals surface area contributed by atoms with Gasteiger partial charge in [-0.2, -0.15) is 0 Å². The van der Waals surface area contributed by atoms with Gasteiger partial charge in [-0.3, -0.25) is 4.79 Å². The first-order valence-electron chi connectivity index (χ1n) is 6.88. The van der Waals surface area contributed by atoms with Crippen LogP contribution in [-0.4, -0.2) is 36.9 Å². The van der Waals surface area contributed by atoms with Gasteiger partial charge in [0.1, 0.15) is 0 Å². The van der Waals surface area contributed by atoms with E-state index in [1.807, 2.05) is 0 Å². The number of anilines is 1. The predicted octanol–water partition coefficient (Wildman–Crippen LogP) is 3.07. The van der Waals surface area contributed by atoms with Crippen molar-refractivity contribution in [1.82, 2.24) is 25.2 Å². The molecule has 0 atom stereocenters. The topological polar surface area (TPSA) is 85.6 Å². The molecule has 0 aromatic carbocycles. The SMILES string of the molecule is Cc1c(Cl)cnc(NC(=O)CSc2nnnn2CC(C)C)c1Cl. The monoisotopic (exact) mass is 374 g/mol.